The Bertz CT molecular complexity index is 2500. The Labute approximate surface area is 320 Å². The van der Waals surface area contributed by atoms with E-state index in [2.05, 4.69) is 149 Å². The number of fused-ring (bicyclic) bond motifs is 3. The maximum absolute atomic E-state index is 6.45. The van der Waals surface area contributed by atoms with E-state index < -0.39 is 0 Å². The van der Waals surface area contributed by atoms with Gasteiger partial charge < -0.3 is 13.9 Å². The Morgan fingerprint density at radius 2 is 1.58 bits per heavy atom. The number of nitrogens with zero attached hydrogens (tertiary/aromatic N) is 4. The fourth-order valence-corrected chi connectivity index (χ4v) is 6.75. The molecule has 52 heavy (non-hydrogen) atoms. The molecule has 0 unspecified atom stereocenters. The zero-order valence-electron chi connectivity index (χ0n) is 30.0. The van der Waals surface area contributed by atoms with Gasteiger partial charge in [0.1, 0.15) is 5.82 Å². The van der Waals surface area contributed by atoms with Crippen LogP contribution in [0.5, 0.6) is 11.5 Å². The second-order valence-electron chi connectivity index (χ2n) is 14.5. The minimum atomic E-state index is 0. The second-order valence-corrected chi connectivity index (χ2v) is 14.5. The second kappa shape index (κ2) is 14.4. The summed E-state index contributed by atoms with van der Waals surface area (Å²) < 4.78 is 12.6. The van der Waals surface area contributed by atoms with Crippen molar-refractivity contribution in [2.45, 2.75) is 46.5 Å². The van der Waals surface area contributed by atoms with Crippen molar-refractivity contribution in [3.05, 3.63) is 163 Å². The summed E-state index contributed by atoms with van der Waals surface area (Å²) in [5, 5.41) is 2.25. The Morgan fingerprint density at radius 3 is 2.38 bits per heavy atom. The maximum Gasteiger partial charge on any atom is 0.267 e. The van der Waals surface area contributed by atoms with E-state index >= 15 is 0 Å². The van der Waals surface area contributed by atoms with Gasteiger partial charge in [0.2, 0.25) is 0 Å². The van der Waals surface area contributed by atoms with Crippen molar-refractivity contribution in [1.29, 1.82) is 0 Å². The van der Waals surface area contributed by atoms with Crippen molar-refractivity contribution in [1.82, 2.24) is 14.1 Å². The SMILES string of the molecule is CC(C)Cc1ccnc(-n2c3[c-]c(Oc4[c-]c(-n5[c-][n+](-c6ccc(C(C)(C)C)cc6-c6ccccc6)cc5)ccc4)ccc3c3ccccc32)c1.[Pt]. The molecule has 5 nitrogen and oxygen atoms in total. The van der Waals surface area contributed by atoms with Crippen LogP contribution in [0.2, 0.25) is 0 Å². The van der Waals surface area contributed by atoms with Crippen LogP contribution in [-0.2, 0) is 32.9 Å². The number of para-hydroxylation sites is 1. The van der Waals surface area contributed by atoms with Crippen molar-refractivity contribution >= 4 is 21.8 Å². The first-order chi connectivity index (χ1) is 24.7. The van der Waals surface area contributed by atoms with Gasteiger partial charge in [-0.05, 0) is 75.3 Å². The standard InChI is InChI=1S/C46H40N4O.Pt/c1-32(2)26-33-22-23-47-45(27-33)50-43-17-10-9-16-39(43)40-20-19-38(30-44(40)50)51-37-15-11-14-36(29-37)48-24-25-49(31-48)42-21-18-35(46(3,4)5)28-41(42)34-12-7-6-8-13-34;/h6-25,27-28,32H,26H2,1-5H3;/q-2;. The van der Waals surface area contributed by atoms with Gasteiger partial charge in [-0.15, -0.1) is 29.7 Å². The zero-order valence-corrected chi connectivity index (χ0v) is 32.3. The Hall–Kier alpha value is -5.25. The largest absolute Gasteiger partial charge is 0.510 e. The normalized spacial score (nSPS) is 11.7. The fraction of sp³-hybridized carbons (Fsp3) is 0.174. The maximum atomic E-state index is 6.45. The van der Waals surface area contributed by atoms with Crippen LogP contribution in [0.1, 0.15) is 45.7 Å². The molecule has 0 aliphatic carbocycles. The summed E-state index contributed by atoms with van der Waals surface area (Å²) in [4.78, 5) is 4.80. The zero-order chi connectivity index (χ0) is 35.1. The van der Waals surface area contributed by atoms with Crippen LogP contribution in [0.4, 0.5) is 0 Å². The van der Waals surface area contributed by atoms with E-state index in [0.29, 0.717) is 17.4 Å². The first-order valence-corrected chi connectivity index (χ1v) is 17.6. The van der Waals surface area contributed by atoms with Crippen LogP contribution in [0.15, 0.2) is 134 Å². The minimum Gasteiger partial charge on any atom is -0.510 e. The van der Waals surface area contributed by atoms with Gasteiger partial charge in [0.05, 0.1) is 5.69 Å². The van der Waals surface area contributed by atoms with E-state index in [1.54, 1.807) is 0 Å². The van der Waals surface area contributed by atoms with Crippen LogP contribution >= 0.6 is 0 Å². The molecular formula is C46H40N4OPt-2. The number of rotatable bonds is 8. The Morgan fingerprint density at radius 1 is 0.788 bits per heavy atom. The van der Waals surface area contributed by atoms with Crippen molar-refractivity contribution in [3.63, 3.8) is 0 Å². The fourth-order valence-electron chi connectivity index (χ4n) is 6.75. The summed E-state index contributed by atoms with van der Waals surface area (Å²) in [5.41, 5.74) is 8.80. The van der Waals surface area contributed by atoms with Crippen molar-refractivity contribution in [3.8, 4) is 39.8 Å². The summed E-state index contributed by atoms with van der Waals surface area (Å²) in [6.07, 6.45) is 10.4. The van der Waals surface area contributed by atoms with Gasteiger partial charge in [-0.1, -0.05) is 101 Å². The number of hydrogen-bond acceptors (Lipinski definition) is 2. The molecule has 0 spiro atoms. The molecule has 0 aliphatic rings. The first kappa shape index (κ1) is 35.2. The van der Waals surface area contributed by atoms with Crippen molar-refractivity contribution < 1.29 is 30.4 Å². The average molecular weight is 860 g/mol. The molecule has 0 amide bonds. The Balaban J connectivity index is 0.00000420. The smallest absolute Gasteiger partial charge is 0.267 e. The number of aromatic nitrogens is 4. The van der Waals surface area contributed by atoms with Crippen LogP contribution in [0.3, 0.4) is 0 Å². The molecule has 5 aromatic carbocycles. The van der Waals surface area contributed by atoms with Gasteiger partial charge in [-0.25, -0.2) is 4.98 Å². The molecule has 3 aromatic heterocycles. The number of ether oxygens (including phenoxy) is 1. The van der Waals surface area contributed by atoms with Crippen molar-refractivity contribution in [2.24, 2.45) is 5.92 Å². The molecule has 0 radical (unpaired) electrons. The predicted molar refractivity (Wildman–Crippen MR) is 205 cm³/mol. The third kappa shape index (κ3) is 6.98. The van der Waals surface area contributed by atoms with Gasteiger partial charge in [-0.3, -0.25) is 4.57 Å². The minimum absolute atomic E-state index is 0. The summed E-state index contributed by atoms with van der Waals surface area (Å²) in [6, 6.07) is 47.0. The van der Waals surface area contributed by atoms with Crippen LogP contribution < -0.4 is 9.30 Å². The molecule has 0 fully saturated rings. The van der Waals surface area contributed by atoms with Gasteiger partial charge in [0, 0.05) is 56.7 Å². The molecule has 8 rings (SSSR count). The molecule has 8 aromatic rings. The third-order valence-electron chi connectivity index (χ3n) is 9.26. The Kier molecular flexibility index (Phi) is 9.74. The molecule has 0 aliphatic heterocycles. The summed E-state index contributed by atoms with van der Waals surface area (Å²) >= 11 is 0. The van der Waals surface area contributed by atoms with Gasteiger partial charge in [0.25, 0.3) is 6.33 Å². The summed E-state index contributed by atoms with van der Waals surface area (Å²) in [6.45, 7) is 11.2. The molecule has 0 bridgehead atoms. The topological polar surface area (TPSA) is 35.9 Å². The number of imidazole rings is 1. The molecule has 0 N–H and O–H groups in total. The molecule has 0 atom stereocenters. The molecule has 262 valence electrons. The van der Waals surface area contributed by atoms with E-state index in [1.807, 2.05) is 52.0 Å². The quantitative estimate of drug-likeness (QED) is 0.113. The van der Waals surface area contributed by atoms with E-state index in [4.69, 9.17) is 9.72 Å². The number of benzene rings is 5. The molecule has 3 heterocycles. The van der Waals surface area contributed by atoms with Crippen LogP contribution in [-0.4, -0.2) is 14.1 Å². The van der Waals surface area contributed by atoms with Gasteiger partial charge in [0.15, 0.2) is 0 Å². The van der Waals surface area contributed by atoms with Gasteiger partial charge in [-0.2, -0.15) is 18.2 Å². The number of hydrogen-bond donors (Lipinski definition) is 0. The van der Waals surface area contributed by atoms with E-state index in [0.717, 1.165) is 51.0 Å². The van der Waals surface area contributed by atoms with Crippen molar-refractivity contribution in [2.75, 3.05) is 0 Å². The van der Waals surface area contributed by atoms with Crippen LogP contribution in [0, 0.1) is 24.4 Å². The summed E-state index contributed by atoms with van der Waals surface area (Å²) in [7, 11) is 0. The molecular weight excluding hydrogens is 820 g/mol. The molecule has 0 saturated heterocycles. The van der Waals surface area contributed by atoms with E-state index in [9.17, 15) is 0 Å². The van der Waals surface area contributed by atoms with Gasteiger partial charge >= 0.3 is 0 Å². The average Bonchev–Trinajstić information content (AvgIpc) is 3.75. The molecule has 0 saturated carbocycles. The van der Waals surface area contributed by atoms with E-state index in [-0.39, 0.29) is 26.5 Å². The van der Waals surface area contributed by atoms with Crippen LogP contribution in [0.25, 0.3) is 50.1 Å². The first-order valence-electron chi connectivity index (χ1n) is 17.6. The van der Waals surface area contributed by atoms with E-state index in [1.165, 1.54) is 16.7 Å². The third-order valence-corrected chi connectivity index (χ3v) is 9.26. The molecule has 6 heteroatoms. The number of pyridine rings is 1. The predicted octanol–water partition coefficient (Wildman–Crippen LogP) is 10.6. The monoisotopic (exact) mass is 859 g/mol. The summed E-state index contributed by atoms with van der Waals surface area (Å²) in [5.74, 6) is 2.63.